The number of nitrogens with two attached hydrogens (primary N) is 1. The third-order valence-electron chi connectivity index (χ3n) is 2.71. The van der Waals surface area contributed by atoms with Gasteiger partial charge in [-0.3, -0.25) is 4.79 Å². The summed E-state index contributed by atoms with van der Waals surface area (Å²) in [5.41, 5.74) is 5.24. The summed E-state index contributed by atoms with van der Waals surface area (Å²) in [6.07, 6.45) is 3.59. The Morgan fingerprint density at radius 2 is 2.50 bits per heavy atom. The average molecular weight is 224 g/mol. The molecule has 1 aliphatic rings. The van der Waals surface area contributed by atoms with Crippen LogP contribution in [-0.2, 0) is 0 Å². The van der Waals surface area contributed by atoms with Crippen molar-refractivity contribution in [3.63, 3.8) is 0 Å². The van der Waals surface area contributed by atoms with Crippen LogP contribution in [0.1, 0.15) is 12.8 Å². The van der Waals surface area contributed by atoms with Crippen LogP contribution in [-0.4, -0.2) is 29.7 Å². The predicted octanol–water partition coefficient (Wildman–Crippen LogP) is -0.270. The van der Waals surface area contributed by atoms with Gasteiger partial charge >= 0.3 is 0 Å². The molecule has 6 nitrogen and oxygen atoms in total. The Balaban J connectivity index is 1.93. The molecule has 1 unspecified atom stereocenters. The molecular weight excluding hydrogens is 208 g/mol. The van der Waals surface area contributed by atoms with Crippen LogP contribution in [0.25, 0.3) is 0 Å². The van der Waals surface area contributed by atoms with Crippen LogP contribution < -0.4 is 21.3 Å². The second-order valence-electron chi connectivity index (χ2n) is 3.97. The Bertz CT molecular complexity index is 398. The number of aromatic nitrogens is 2. The Hall–Kier alpha value is -1.56. The lowest BCUT2D eigenvalue weighted by atomic mass is 10.0. The summed E-state index contributed by atoms with van der Waals surface area (Å²) in [7, 11) is 0. The molecule has 0 bridgehead atoms. The minimum absolute atomic E-state index is 0.0475. The number of ether oxygens (including phenoxy) is 1. The van der Waals surface area contributed by atoms with Gasteiger partial charge in [0.25, 0.3) is 5.56 Å². The molecule has 1 saturated heterocycles. The molecule has 1 aromatic heterocycles. The number of nitrogens with zero attached hydrogens (tertiary/aromatic N) is 1. The maximum atomic E-state index is 11.2. The highest BCUT2D eigenvalue weighted by atomic mass is 16.5. The van der Waals surface area contributed by atoms with Crippen molar-refractivity contribution in [1.82, 2.24) is 15.3 Å². The monoisotopic (exact) mass is 224 g/mol. The number of hydrogen-bond donors (Lipinski definition) is 3. The lowest BCUT2D eigenvalue weighted by molar-refractivity contribution is 0.213. The highest BCUT2D eigenvalue weighted by Gasteiger charge is 2.15. The van der Waals surface area contributed by atoms with Gasteiger partial charge in [0.2, 0.25) is 5.88 Å². The lowest BCUT2D eigenvalue weighted by Crippen LogP contribution is -2.33. The maximum absolute atomic E-state index is 11.2. The second-order valence-corrected chi connectivity index (χ2v) is 3.97. The number of H-pyrrole nitrogens is 1. The first kappa shape index (κ1) is 10.9. The molecule has 1 atom stereocenters. The topological polar surface area (TPSA) is 93.0 Å². The third kappa shape index (κ3) is 2.52. The summed E-state index contributed by atoms with van der Waals surface area (Å²) >= 11 is 0. The van der Waals surface area contributed by atoms with Crippen LogP contribution >= 0.6 is 0 Å². The van der Waals surface area contributed by atoms with E-state index in [0.717, 1.165) is 25.9 Å². The molecule has 2 heterocycles. The Kier molecular flexibility index (Phi) is 3.40. The molecule has 88 valence electrons. The molecule has 0 saturated carbocycles. The molecular formula is C10H16N4O2. The van der Waals surface area contributed by atoms with E-state index in [1.807, 2.05) is 0 Å². The standard InChI is InChI=1S/C10H16N4O2/c11-8-9(15)13-6-14-10(8)16-5-7-2-1-3-12-4-7/h6-7,12H,1-5,11H2,(H,13,14,15). The molecule has 16 heavy (non-hydrogen) atoms. The molecule has 0 radical (unpaired) electrons. The number of nitrogens with one attached hydrogen (secondary N) is 2. The molecule has 6 heteroatoms. The van der Waals surface area contributed by atoms with Crippen LogP contribution in [0.15, 0.2) is 11.1 Å². The smallest absolute Gasteiger partial charge is 0.277 e. The number of nitrogen functional groups attached to an aromatic ring is 1. The first-order valence-corrected chi connectivity index (χ1v) is 5.44. The molecule has 1 aromatic rings. The van der Waals surface area contributed by atoms with Gasteiger partial charge in [-0.25, -0.2) is 4.98 Å². The first-order chi connectivity index (χ1) is 7.77. The van der Waals surface area contributed by atoms with Crippen molar-refractivity contribution in [2.75, 3.05) is 25.4 Å². The van der Waals surface area contributed by atoms with Crippen LogP contribution in [0, 0.1) is 5.92 Å². The van der Waals surface area contributed by atoms with Gasteiger partial charge in [-0.05, 0) is 19.4 Å². The average Bonchev–Trinajstić information content (AvgIpc) is 2.32. The van der Waals surface area contributed by atoms with Crippen molar-refractivity contribution >= 4 is 5.69 Å². The van der Waals surface area contributed by atoms with Gasteiger partial charge in [-0.2, -0.15) is 0 Å². The number of aromatic amines is 1. The van der Waals surface area contributed by atoms with Crippen molar-refractivity contribution in [2.24, 2.45) is 5.92 Å². The zero-order valence-electron chi connectivity index (χ0n) is 9.03. The van der Waals surface area contributed by atoms with E-state index in [9.17, 15) is 4.79 Å². The van der Waals surface area contributed by atoms with Crippen LogP contribution in [0.5, 0.6) is 5.88 Å². The van der Waals surface area contributed by atoms with Crippen LogP contribution in [0.3, 0.4) is 0 Å². The fraction of sp³-hybridized carbons (Fsp3) is 0.600. The van der Waals surface area contributed by atoms with E-state index in [1.165, 1.54) is 6.33 Å². The highest BCUT2D eigenvalue weighted by Crippen LogP contribution is 2.15. The molecule has 2 rings (SSSR count). The number of hydrogen-bond acceptors (Lipinski definition) is 5. The van der Waals surface area contributed by atoms with E-state index >= 15 is 0 Å². The van der Waals surface area contributed by atoms with E-state index < -0.39 is 0 Å². The summed E-state index contributed by atoms with van der Waals surface area (Å²) in [5.74, 6) is 0.698. The summed E-state index contributed by atoms with van der Waals surface area (Å²) in [4.78, 5) is 17.5. The zero-order valence-corrected chi connectivity index (χ0v) is 9.03. The molecule has 1 aliphatic heterocycles. The number of rotatable bonds is 3. The van der Waals surface area contributed by atoms with Crippen molar-refractivity contribution in [3.05, 3.63) is 16.7 Å². The first-order valence-electron chi connectivity index (χ1n) is 5.44. The fourth-order valence-corrected chi connectivity index (χ4v) is 1.77. The third-order valence-corrected chi connectivity index (χ3v) is 2.71. The van der Waals surface area contributed by atoms with Gasteiger partial charge < -0.3 is 20.8 Å². The zero-order chi connectivity index (χ0) is 11.4. The van der Waals surface area contributed by atoms with E-state index in [1.54, 1.807) is 0 Å². The molecule has 4 N–H and O–H groups in total. The molecule has 0 spiro atoms. The normalized spacial score (nSPS) is 20.6. The van der Waals surface area contributed by atoms with Crippen molar-refractivity contribution in [3.8, 4) is 5.88 Å². The minimum atomic E-state index is -0.355. The van der Waals surface area contributed by atoms with Gasteiger partial charge in [-0.15, -0.1) is 0 Å². The highest BCUT2D eigenvalue weighted by molar-refractivity contribution is 5.44. The van der Waals surface area contributed by atoms with E-state index in [2.05, 4.69) is 15.3 Å². The van der Waals surface area contributed by atoms with Gasteiger partial charge in [0.15, 0.2) is 5.69 Å². The Labute approximate surface area is 93.2 Å². The minimum Gasteiger partial charge on any atom is -0.476 e. The molecule has 0 aliphatic carbocycles. The van der Waals surface area contributed by atoms with Crippen LogP contribution in [0.4, 0.5) is 5.69 Å². The van der Waals surface area contributed by atoms with Crippen molar-refractivity contribution < 1.29 is 4.74 Å². The quantitative estimate of drug-likeness (QED) is 0.657. The second kappa shape index (κ2) is 4.98. The summed E-state index contributed by atoms with van der Waals surface area (Å²) < 4.78 is 5.46. The largest absolute Gasteiger partial charge is 0.476 e. The summed E-state index contributed by atoms with van der Waals surface area (Å²) in [6, 6.07) is 0. The lowest BCUT2D eigenvalue weighted by Gasteiger charge is -2.22. The maximum Gasteiger partial charge on any atom is 0.277 e. The SMILES string of the molecule is Nc1c(OCC2CCCNC2)nc[nH]c1=O. The summed E-state index contributed by atoms with van der Waals surface area (Å²) in [5, 5.41) is 3.30. The number of anilines is 1. The fourth-order valence-electron chi connectivity index (χ4n) is 1.77. The Morgan fingerprint density at radius 3 is 3.25 bits per heavy atom. The van der Waals surface area contributed by atoms with Crippen molar-refractivity contribution in [1.29, 1.82) is 0 Å². The van der Waals surface area contributed by atoms with E-state index in [0.29, 0.717) is 12.5 Å². The van der Waals surface area contributed by atoms with Crippen LogP contribution in [0.2, 0.25) is 0 Å². The number of piperidine rings is 1. The summed E-state index contributed by atoms with van der Waals surface area (Å²) in [6.45, 7) is 2.57. The predicted molar refractivity (Wildman–Crippen MR) is 60.4 cm³/mol. The molecule has 1 fully saturated rings. The van der Waals surface area contributed by atoms with E-state index in [4.69, 9.17) is 10.5 Å². The molecule has 0 aromatic carbocycles. The van der Waals surface area contributed by atoms with Gasteiger partial charge in [0, 0.05) is 12.5 Å². The molecule has 0 amide bonds. The van der Waals surface area contributed by atoms with E-state index in [-0.39, 0.29) is 17.1 Å². The van der Waals surface area contributed by atoms with Gasteiger partial charge in [-0.1, -0.05) is 0 Å². The van der Waals surface area contributed by atoms with Crippen molar-refractivity contribution in [2.45, 2.75) is 12.8 Å². The van der Waals surface area contributed by atoms with Gasteiger partial charge in [0.1, 0.15) is 0 Å². The Morgan fingerprint density at radius 1 is 1.62 bits per heavy atom. The van der Waals surface area contributed by atoms with Gasteiger partial charge in [0.05, 0.1) is 12.9 Å².